The summed E-state index contributed by atoms with van der Waals surface area (Å²) in [5.74, 6) is 0.220. The summed E-state index contributed by atoms with van der Waals surface area (Å²) in [6, 6.07) is 10.7. The minimum Gasteiger partial charge on any atom is -0.494 e. The molecule has 1 atom stereocenters. The molecule has 0 saturated carbocycles. The summed E-state index contributed by atoms with van der Waals surface area (Å²) in [5, 5.41) is 5.57. The third kappa shape index (κ3) is 8.96. The number of hydrogen-bond acceptors (Lipinski definition) is 6. The molecule has 1 saturated heterocycles. The van der Waals surface area contributed by atoms with Crippen molar-refractivity contribution in [2.75, 3.05) is 36.5 Å². The lowest BCUT2D eigenvalue weighted by Gasteiger charge is -2.23. The van der Waals surface area contributed by atoms with E-state index in [4.69, 9.17) is 9.47 Å². The maximum absolute atomic E-state index is 13.1. The lowest BCUT2D eigenvalue weighted by Crippen LogP contribution is -2.43. The second-order valence-electron chi connectivity index (χ2n) is 8.88. The Bertz CT molecular complexity index is 1010. The number of nitrogens with one attached hydrogen (secondary N) is 2. The van der Waals surface area contributed by atoms with Crippen LogP contribution in [0.5, 0.6) is 5.75 Å². The number of rotatable bonds is 13. The van der Waals surface area contributed by atoms with Gasteiger partial charge in [-0.15, -0.1) is 0 Å². The van der Waals surface area contributed by atoms with Crippen molar-refractivity contribution < 1.29 is 23.9 Å². The van der Waals surface area contributed by atoms with Crippen LogP contribution in [-0.4, -0.2) is 55.1 Å². The van der Waals surface area contributed by atoms with Gasteiger partial charge in [-0.1, -0.05) is 13.3 Å². The molecule has 36 heavy (non-hydrogen) atoms. The molecular formula is C27H36N4O5. The average Bonchev–Trinajstić information content (AvgIpc) is 3.39. The van der Waals surface area contributed by atoms with Crippen molar-refractivity contribution in [3.8, 4) is 5.75 Å². The fourth-order valence-electron chi connectivity index (χ4n) is 3.78. The molecule has 0 unspecified atom stereocenters. The highest BCUT2D eigenvalue weighted by Crippen LogP contribution is 2.21. The summed E-state index contributed by atoms with van der Waals surface area (Å²) in [6.45, 7) is 5.59. The Hall–Kier alpha value is -3.46. The first-order chi connectivity index (χ1) is 17.4. The SMILES string of the molecule is CCCCOc1ccc(N(CC(=O)NC[C@H]2CCCO2)C(=O)CCC(=O)Nc2cc(C)ccn2)cc1. The lowest BCUT2D eigenvalue weighted by atomic mass is 10.2. The van der Waals surface area contributed by atoms with E-state index >= 15 is 0 Å². The van der Waals surface area contributed by atoms with E-state index in [2.05, 4.69) is 22.5 Å². The Kier molecular flexibility index (Phi) is 10.7. The number of unbranched alkanes of at least 4 members (excludes halogenated alkanes) is 1. The maximum Gasteiger partial charge on any atom is 0.240 e. The van der Waals surface area contributed by atoms with Crippen LogP contribution >= 0.6 is 0 Å². The Labute approximate surface area is 212 Å². The van der Waals surface area contributed by atoms with Gasteiger partial charge in [0, 0.05) is 37.9 Å². The topological polar surface area (TPSA) is 110 Å². The Morgan fingerprint density at radius 1 is 1.14 bits per heavy atom. The smallest absolute Gasteiger partial charge is 0.240 e. The summed E-state index contributed by atoms with van der Waals surface area (Å²) < 4.78 is 11.3. The molecule has 1 aliphatic rings. The molecule has 1 aromatic heterocycles. The van der Waals surface area contributed by atoms with Gasteiger partial charge in [0.1, 0.15) is 18.1 Å². The highest BCUT2D eigenvalue weighted by Gasteiger charge is 2.22. The zero-order valence-corrected chi connectivity index (χ0v) is 21.1. The van der Waals surface area contributed by atoms with Crippen LogP contribution in [0, 0.1) is 6.92 Å². The van der Waals surface area contributed by atoms with Gasteiger partial charge in [-0.25, -0.2) is 4.98 Å². The molecule has 3 amide bonds. The Morgan fingerprint density at radius 2 is 1.94 bits per heavy atom. The summed E-state index contributed by atoms with van der Waals surface area (Å²) in [4.78, 5) is 43.7. The molecule has 194 valence electrons. The average molecular weight is 497 g/mol. The van der Waals surface area contributed by atoms with E-state index in [0.29, 0.717) is 37.0 Å². The van der Waals surface area contributed by atoms with Crippen molar-refractivity contribution in [2.24, 2.45) is 0 Å². The number of aromatic nitrogens is 1. The molecule has 3 rings (SSSR count). The molecule has 1 fully saturated rings. The lowest BCUT2D eigenvalue weighted by molar-refractivity contribution is -0.125. The van der Waals surface area contributed by atoms with Crippen LogP contribution in [0.2, 0.25) is 0 Å². The van der Waals surface area contributed by atoms with Crippen LogP contribution in [0.15, 0.2) is 42.6 Å². The van der Waals surface area contributed by atoms with Crippen molar-refractivity contribution in [1.82, 2.24) is 10.3 Å². The largest absolute Gasteiger partial charge is 0.494 e. The standard InChI is InChI=1S/C27H36N4O5/c1-3-4-15-35-22-9-7-21(8-10-22)31(19-26(33)29-18-23-6-5-16-36-23)27(34)12-11-25(32)30-24-17-20(2)13-14-28-24/h7-10,13-14,17,23H,3-6,11-12,15-16,18-19H2,1-2H3,(H,29,33)(H,28,30,32)/t23-/m1/s1. The number of carbonyl (C=O) groups excluding carboxylic acids is 3. The normalized spacial score (nSPS) is 14.8. The molecular weight excluding hydrogens is 460 g/mol. The number of amides is 3. The first-order valence-corrected chi connectivity index (χ1v) is 12.6. The van der Waals surface area contributed by atoms with E-state index < -0.39 is 0 Å². The fourth-order valence-corrected chi connectivity index (χ4v) is 3.78. The number of benzene rings is 1. The molecule has 1 aromatic carbocycles. The fraction of sp³-hybridized carbons (Fsp3) is 0.481. The monoisotopic (exact) mass is 496 g/mol. The number of hydrogen-bond donors (Lipinski definition) is 2. The molecule has 0 aliphatic carbocycles. The quantitative estimate of drug-likeness (QED) is 0.410. The van der Waals surface area contributed by atoms with Gasteiger partial charge in [0.25, 0.3) is 0 Å². The molecule has 2 N–H and O–H groups in total. The minimum absolute atomic E-state index is 0.0107. The van der Waals surface area contributed by atoms with Gasteiger partial charge in [0.15, 0.2) is 0 Å². The zero-order valence-electron chi connectivity index (χ0n) is 21.1. The number of carbonyl (C=O) groups is 3. The van der Waals surface area contributed by atoms with Crippen molar-refractivity contribution >= 4 is 29.2 Å². The number of aryl methyl sites for hydroxylation is 1. The second-order valence-corrected chi connectivity index (χ2v) is 8.88. The van der Waals surface area contributed by atoms with Gasteiger partial charge in [0.05, 0.1) is 12.7 Å². The van der Waals surface area contributed by atoms with Crippen LogP contribution in [-0.2, 0) is 19.1 Å². The van der Waals surface area contributed by atoms with Crippen molar-refractivity contribution in [1.29, 1.82) is 0 Å². The molecule has 2 aromatic rings. The molecule has 0 bridgehead atoms. The van der Waals surface area contributed by atoms with E-state index in [-0.39, 0.29) is 43.2 Å². The third-order valence-corrected chi connectivity index (χ3v) is 5.82. The molecule has 0 spiro atoms. The zero-order chi connectivity index (χ0) is 25.8. The molecule has 0 radical (unpaired) electrons. The third-order valence-electron chi connectivity index (χ3n) is 5.82. The first kappa shape index (κ1) is 27.1. The van der Waals surface area contributed by atoms with Crippen LogP contribution in [0.3, 0.4) is 0 Å². The van der Waals surface area contributed by atoms with Crippen molar-refractivity contribution in [2.45, 2.75) is 58.5 Å². The van der Waals surface area contributed by atoms with Gasteiger partial charge in [-0.2, -0.15) is 0 Å². The summed E-state index contributed by atoms with van der Waals surface area (Å²) >= 11 is 0. The summed E-state index contributed by atoms with van der Waals surface area (Å²) in [5.41, 5.74) is 1.54. The second kappa shape index (κ2) is 14.2. The first-order valence-electron chi connectivity index (χ1n) is 12.6. The number of pyridine rings is 1. The van der Waals surface area contributed by atoms with Gasteiger partial charge in [-0.05, 0) is 68.1 Å². The molecule has 9 nitrogen and oxygen atoms in total. The predicted octanol–water partition coefficient (Wildman–Crippen LogP) is 3.62. The van der Waals surface area contributed by atoms with Crippen LogP contribution in [0.25, 0.3) is 0 Å². The maximum atomic E-state index is 13.1. The molecule has 1 aliphatic heterocycles. The Balaban J connectivity index is 1.61. The van der Waals surface area contributed by atoms with Crippen molar-refractivity contribution in [3.63, 3.8) is 0 Å². The van der Waals surface area contributed by atoms with Gasteiger partial charge in [0.2, 0.25) is 17.7 Å². The molecule has 9 heteroatoms. The number of ether oxygens (including phenoxy) is 2. The van der Waals surface area contributed by atoms with E-state index in [0.717, 1.165) is 31.2 Å². The minimum atomic E-state index is -0.325. The Morgan fingerprint density at radius 3 is 2.64 bits per heavy atom. The van der Waals surface area contributed by atoms with Gasteiger partial charge < -0.3 is 25.0 Å². The number of nitrogens with zero attached hydrogens (tertiary/aromatic N) is 2. The van der Waals surface area contributed by atoms with Crippen molar-refractivity contribution in [3.05, 3.63) is 48.2 Å². The number of anilines is 2. The van der Waals surface area contributed by atoms with E-state index in [1.807, 2.05) is 13.0 Å². The predicted molar refractivity (Wildman–Crippen MR) is 138 cm³/mol. The molecule has 2 heterocycles. The van der Waals surface area contributed by atoms with E-state index in [9.17, 15) is 14.4 Å². The summed E-state index contributed by atoms with van der Waals surface area (Å²) in [6.07, 6.45) is 5.43. The van der Waals surface area contributed by atoms with E-state index in [1.165, 1.54) is 4.90 Å². The van der Waals surface area contributed by atoms with Crippen LogP contribution in [0.1, 0.15) is 51.0 Å². The summed E-state index contributed by atoms with van der Waals surface area (Å²) in [7, 11) is 0. The van der Waals surface area contributed by atoms with Gasteiger partial charge in [-0.3, -0.25) is 14.4 Å². The highest BCUT2D eigenvalue weighted by molar-refractivity contribution is 6.01. The van der Waals surface area contributed by atoms with Crippen LogP contribution in [0.4, 0.5) is 11.5 Å². The highest BCUT2D eigenvalue weighted by atomic mass is 16.5. The van der Waals surface area contributed by atoms with Gasteiger partial charge >= 0.3 is 0 Å². The van der Waals surface area contributed by atoms with E-state index in [1.54, 1.807) is 36.5 Å². The van der Waals surface area contributed by atoms with Crippen LogP contribution < -0.4 is 20.3 Å².